The number of fused-ring (bicyclic) bond motifs is 1. The van der Waals surface area contributed by atoms with Gasteiger partial charge in [0.2, 0.25) is 5.91 Å². The van der Waals surface area contributed by atoms with Gasteiger partial charge in [0.05, 0.1) is 20.3 Å². The van der Waals surface area contributed by atoms with E-state index in [1.54, 1.807) is 14.2 Å². The van der Waals surface area contributed by atoms with Crippen LogP contribution in [0.15, 0.2) is 47.5 Å². The molecule has 0 bridgehead atoms. The smallest absolute Gasteiger partial charge is 0.246 e. The van der Waals surface area contributed by atoms with Gasteiger partial charge < -0.3 is 25.0 Å². The van der Waals surface area contributed by atoms with Crippen LogP contribution in [0.2, 0.25) is 0 Å². The van der Waals surface area contributed by atoms with Gasteiger partial charge in [0, 0.05) is 31.0 Å². The van der Waals surface area contributed by atoms with Gasteiger partial charge >= 0.3 is 0 Å². The number of anilines is 2. The predicted molar refractivity (Wildman–Crippen MR) is 116 cm³/mol. The summed E-state index contributed by atoms with van der Waals surface area (Å²) in [6.45, 7) is 3.35. The number of aliphatic imine (C=N–C) groups is 1. The Balaban J connectivity index is 1.63. The molecule has 0 unspecified atom stereocenters. The van der Waals surface area contributed by atoms with Gasteiger partial charge in [-0.3, -0.25) is 9.79 Å². The van der Waals surface area contributed by atoms with Crippen molar-refractivity contribution in [3.8, 4) is 11.5 Å². The first-order valence-corrected chi connectivity index (χ1v) is 9.83. The van der Waals surface area contributed by atoms with E-state index in [1.807, 2.05) is 48.2 Å². The van der Waals surface area contributed by atoms with E-state index in [1.165, 1.54) is 5.56 Å². The third kappa shape index (κ3) is 4.99. The molecule has 1 amide bonds. The molecule has 2 N–H and O–H groups in total. The molecule has 0 saturated heterocycles. The summed E-state index contributed by atoms with van der Waals surface area (Å²) >= 11 is 0. The minimum absolute atomic E-state index is 0.0184. The lowest BCUT2D eigenvalue weighted by atomic mass is 10.0. The first-order valence-electron chi connectivity index (χ1n) is 9.83. The normalized spacial score (nSPS) is 13.5. The zero-order valence-corrected chi connectivity index (χ0v) is 17.2. The summed E-state index contributed by atoms with van der Waals surface area (Å²) in [4.78, 5) is 18.9. The van der Waals surface area contributed by atoms with Crippen LogP contribution >= 0.6 is 0 Å². The van der Waals surface area contributed by atoms with E-state index in [2.05, 4.69) is 21.7 Å². The molecule has 0 atom stereocenters. The first-order chi connectivity index (χ1) is 14.2. The van der Waals surface area contributed by atoms with Crippen molar-refractivity contribution in [3.63, 3.8) is 0 Å². The quantitative estimate of drug-likeness (QED) is 0.580. The van der Waals surface area contributed by atoms with Crippen LogP contribution in [0.3, 0.4) is 0 Å². The molecule has 1 aliphatic rings. The Labute approximate surface area is 171 Å². The highest BCUT2D eigenvalue weighted by Gasteiger charge is 2.22. The number of carbonyl (C=O) groups is 1. The van der Waals surface area contributed by atoms with Crippen LogP contribution < -0.4 is 25.0 Å². The zero-order chi connectivity index (χ0) is 20.6. The summed E-state index contributed by atoms with van der Waals surface area (Å²) < 4.78 is 10.9. The number of methoxy groups -OCH3 is 1. The number of amides is 1. The molecular formula is C22H28N4O3. The number of hydrogen-bond donors (Lipinski definition) is 2. The van der Waals surface area contributed by atoms with Crippen molar-refractivity contribution in [3.05, 3.63) is 48.0 Å². The molecular weight excluding hydrogens is 368 g/mol. The van der Waals surface area contributed by atoms with E-state index in [4.69, 9.17) is 9.47 Å². The van der Waals surface area contributed by atoms with Crippen molar-refractivity contribution in [1.82, 2.24) is 5.32 Å². The molecule has 3 rings (SSSR count). The highest BCUT2D eigenvalue weighted by Crippen LogP contribution is 2.30. The van der Waals surface area contributed by atoms with E-state index in [-0.39, 0.29) is 12.5 Å². The Hall–Kier alpha value is -3.22. The maximum Gasteiger partial charge on any atom is 0.246 e. The summed E-state index contributed by atoms with van der Waals surface area (Å²) in [6, 6.07) is 13.6. The Kier molecular flexibility index (Phi) is 6.94. The number of guanidine groups is 1. The monoisotopic (exact) mass is 396 g/mol. The molecule has 0 saturated carbocycles. The average Bonchev–Trinajstić information content (AvgIpc) is 2.76. The fourth-order valence-electron chi connectivity index (χ4n) is 3.39. The third-order valence-corrected chi connectivity index (χ3v) is 4.77. The summed E-state index contributed by atoms with van der Waals surface area (Å²) in [5, 5.41) is 6.29. The van der Waals surface area contributed by atoms with Crippen molar-refractivity contribution < 1.29 is 14.3 Å². The molecule has 7 heteroatoms. The SMILES string of the molecule is CCOc1cc(NC(=NC)NCC(=O)N2CCCc3ccccc32)ccc1OC. The Morgan fingerprint density at radius 3 is 2.79 bits per heavy atom. The van der Waals surface area contributed by atoms with Gasteiger partial charge in [-0.1, -0.05) is 18.2 Å². The molecule has 0 fully saturated rings. The van der Waals surface area contributed by atoms with Gasteiger partial charge in [-0.05, 0) is 43.5 Å². The molecule has 0 spiro atoms. The highest BCUT2D eigenvalue weighted by molar-refractivity contribution is 6.00. The number of para-hydroxylation sites is 1. The predicted octanol–water partition coefficient (Wildman–Crippen LogP) is 3.06. The summed E-state index contributed by atoms with van der Waals surface area (Å²) in [5.41, 5.74) is 3.01. The number of nitrogens with zero attached hydrogens (tertiary/aromatic N) is 2. The van der Waals surface area contributed by atoms with E-state index in [0.29, 0.717) is 24.1 Å². The Morgan fingerprint density at radius 1 is 1.21 bits per heavy atom. The number of ether oxygens (including phenoxy) is 2. The highest BCUT2D eigenvalue weighted by atomic mass is 16.5. The number of aryl methyl sites for hydroxylation is 1. The molecule has 29 heavy (non-hydrogen) atoms. The number of benzene rings is 2. The van der Waals surface area contributed by atoms with Gasteiger partial charge in [-0.15, -0.1) is 0 Å². The maximum absolute atomic E-state index is 12.8. The molecule has 0 radical (unpaired) electrons. The third-order valence-electron chi connectivity index (χ3n) is 4.77. The summed E-state index contributed by atoms with van der Waals surface area (Å²) in [7, 11) is 3.28. The van der Waals surface area contributed by atoms with Crippen molar-refractivity contribution in [1.29, 1.82) is 0 Å². The number of nitrogens with one attached hydrogen (secondary N) is 2. The van der Waals surface area contributed by atoms with Gasteiger partial charge in [-0.25, -0.2) is 0 Å². The Bertz CT molecular complexity index is 882. The number of rotatable bonds is 6. The molecule has 1 heterocycles. The molecule has 2 aromatic rings. The van der Waals surface area contributed by atoms with Gasteiger partial charge in [0.15, 0.2) is 17.5 Å². The van der Waals surface area contributed by atoms with Crippen LogP contribution in [0.25, 0.3) is 0 Å². The second-order valence-electron chi connectivity index (χ2n) is 6.63. The molecule has 1 aliphatic heterocycles. The minimum Gasteiger partial charge on any atom is -0.493 e. The molecule has 154 valence electrons. The van der Waals surface area contributed by atoms with Crippen LogP contribution in [0, 0.1) is 0 Å². The average molecular weight is 396 g/mol. The van der Waals surface area contributed by atoms with Crippen molar-refractivity contribution in [2.24, 2.45) is 4.99 Å². The van der Waals surface area contributed by atoms with Crippen LogP contribution in [0.1, 0.15) is 18.9 Å². The molecule has 7 nitrogen and oxygen atoms in total. The minimum atomic E-state index is 0.0184. The topological polar surface area (TPSA) is 75.2 Å². The molecule has 0 aromatic heterocycles. The van der Waals surface area contributed by atoms with Crippen LogP contribution in [0.4, 0.5) is 11.4 Å². The first kappa shape index (κ1) is 20.5. The van der Waals surface area contributed by atoms with E-state index < -0.39 is 0 Å². The fourth-order valence-corrected chi connectivity index (χ4v) is 3.39. The van der Waals surface area contributed by atoms with Crippen LogP contribution in [0.5, 0.6) is 11.5 Å². The summed E-state index contributed by atoms with van der Waals surface area (Å²) in [6.07, 6.45) is 1.98. The van der Waals surface area contributed by atoms with E-state index in [0.717, 1.165) is 30.8 Å². The van der Waals surface area contributed by atoms with Gasteiger partial charge in [0.25, 0.3) is 0 Å². The van der Waals surface area contributed by atoms with E-state index in [9.17, 15) is 4.79 Å². The lowest BCUT2D eigenvalue weighted by Crippen LogP contribution is -2.44. The number of hydrogen-bond acceptors (Lipinski definition) is 4. The van der Waals surface area contributed by atoms with Crippen molar-refractivity contribution >= 4 is 23.2 Å². The van der Waals surface area contributed by atoms with E-state index >= 15 is 0 Å². The zero-order valence-electron chi connectivity index (χ0n) is 17.2. The lowest BCUT2D eigenvalue weighted by Gasteiger charge is -2.29. The number of carbonyl (C=O) groups excluding carboxylic acids is 1. The maximum atomic E-state index is 12.8. The van der Waals surface area contributed by atoms with Crippen molar-refractivity contribution in [2.45, 2.75) is 19.8 Å². The summed E-state index contributed by atoms with van der Waals surface area (Å²) in [5.74, 6) is 1.84. The standard InChI is InChI=1S/C22H28N4O3/c1-4-29-20-14-17(11-12-19(20)28-3)25-22(23-2)24-15-21(27)26-13-7-9-16-8-5-6-10-18(16)26/h5-6,8,10-12,14H,4,7,9,13,15H2,1-3H3,(H2,23,24,25). The van der Waals surface area contributed by atoms with Crippen LogP contribution in [-0.4, -0.2) is 45.7 Å². The second kappa shape index (κ2) is 9.82. The largest absolute Gasteiger partial charge is 0.493 e. The molecule has 2 aromatic carbocycles. The lowest BCUT2D eigenvalue weighted by molar-refractivity contribution is -0.117. The second-order valence-corrected chi connectivity index (χ2v) is 6.63. The van der Waals surface area contributed by atoms with Gasteiger partial charge in [0.1, 0.15) is 0 Å². The van der Waals surface area contributed by atoms with Crippen molar-refractivity contribution in [2.75, 3.05) is 44.1 Å². The fraction of sp³-hybridized carbons (Fsp3) is 0.364. The van der Waals surface area contributed by atoms with Crippen LogP contribution in [-0.2, 0) is 11.2 Å². The Morgan fingerprint density at radius 2 is 2.03 bits per heavy atom. The van der Waals surface area contributed by atoms with Gasteiger partial charge in [-0.2, -0.15) is 0 Å². The molecule has 0 aliphatic carbocycles.